The molecule has 6 nitrogen and oxygen atoms in total. The summed E-state index contributed by atoms with van der Waals surface area (Å²) < 4.78 is 16.1. The van der Waals surface area contributed by atoms with E-state index in [1.807, 2.05) is 17.0 Å². The Balaban J connectivity index is 1.50. The summed E-state index contributed by atoms with van der Waals surface area (Å²) in [5.74, 6) is 1.39. The number of benzene rings is 1. The van der Waals surface area contributed by atoms with Gasteiger partial charge in [0.15, 0.2) is 11.5 Å². The van der Waals surface area contributed by atoms with Crippen LogP contribution in [0.15, 0.2) is 18.2 Å². The van der Waals surface area contributed by atoms with E-state index in [1.54, 1.807) is 6.07 Å². The topological polar surface area (TPSA) is 60.0 Å². The zero-order valence-corrected chi connectivity index (χ0v) is 11.0. The quantitative estimate of drug-likeness (QED) is 0.850. The number of nitrogens with one attached hydrogen (secondary N) is 1. The van der Waals surface area contributed by atoms with Gasteiger partial charge < -0.3 is 24.4 Å². The molecule has 2 saturated heterocycles. The van der Waals surface area contributed by atoms with Gasteiger partial charge in [0.25, 0.3) is 0 Å². The molecule has 1 aromatic carbocycles. The van der Waals surface area contributed by atoms with Crippen molar-refractivity contribution in [3.63, 3.8) is 0 Å². The Bertz CT molecular complexity index is 532. The van der Waals surface area contributed by atoms with Crippen molar-refractivity contribution in [2.75, 3.05) is 25.3 Å². The first kappa shape index (κ1) is 11.8. The van der Waals surface area contributed by atoms with Gasteiger partial charge in [-0.2, -0.15) is 0 Å². The smallest absolute Gasteiger partial charge is 0.322 e. The summed E-state index contributed by atoms with van der Waals surface area (Å²) in [6.45, 7) is 1.52. The van der Waals surface area contributed by atoms with E-state index in [9.17, 15) is 4.79 Å². The number of urea groups is 1. The maximum Gasteiger partial charge on any atom is 0.322 e. The van der Waals surface area contributed by atoms with Gasteiger partial charge in [-0.15, -0.1) is 0 Å². The molecule has 3 aliphatic heterocycles. The van der Waals surface area contributed by atoms with Gasteiger partial charge in [-0.1, -0.05) is 0 Å². The van der Waals surface area contributed by atoms with Crippen molar-refractivity contribution in [1.29, 1.82) is 0 Å². The maximum atomic E-state index is 12.4. The zero-order valence-electron chi connectivity index (χ0n) is 11.0. The second-order valence-electron chi connectivity index (χ2n) is 5.33. The lowest BCUT2D eigenvalue weighted by atomic mass is 10.2. The molecule has 4 rings (SSSR count). The van der Waals surface area contributed by atoms with E-state index < -0.39 is 0 Å². The van der Waals surface area contributed by atoms with Crippen LogP contribution < -0.4 is 14.8 Å². The summed E-state index contributed by atoms with van der Waals surface area (Å²) in [4.78, 5) is 14.3. The number of ether oxygens (including phenoxy) is 3. The summed E-state index contributed by atoms with van der Waals surface area (Å²) in [6.07, 6.45) is 2.05. The molecule has 2 fully saturated rings. The van der Waals surface area contributed by atoms with Gasteiger partial charge in [-0.25, -0.2) is 4.79 Å². The van der Waals surface area contributed by atoms with Crippen molar-refractivity contribution in [3.05, 3.63) is 18.2 Å². The van der Waals surface area contributed by atoms with E-state index in [0.29, 0.717) is 19.0 Å². The Kier molecular flexibility index (Phi) is 2.70. The van der Waals surface area contributed by atoms with E-state index in [1.165, 1.54) is 0 Å². The number of hydrogen-bond acceptors (Lipinski definition) is 4. The van der Waals surface area contributed by atoms with Crippen LogP contribution >= 0.6 is 0 Å². The Hall–Kier alpha value is -1.95. The number of morpholine rings is 1. The van der Waals surface area contributed by atoms with E-state index in [0.717, 1.165) is 24.3 Å². The van der Waals surface area contributed by atoms with Crippen molar-refractivity contribution >= 4 is 11.7 Å². The SMILES string of the molecule is O=C(Nc1ccc2c(c1)OCO2)N1[C@H]2CC[C@H]1COC2. The minimum absolute atomic E-state index is 0.0559. The molecule has 2 amide bonds. The Labute approximate surface area is 116 Å². The molecule has 0 aliphatic carbocycles. The fourth-order valence-corrected chi connectivity index (χ4v) is 3.12. The van der Waals surface area contributed by atoms with Crippen molar-refractivity contribution in [3.8, 4) is 11.5 Å². The molecule has 0 saturated carbocycles. The minimum Gasteiger partial charge on any atom is -0.454 e. The van der Waals surface area contributed by atoms with Crippen LogP contribution in [0.5, 0.6) is 11.5 Å². The largest absolute Gasteiger partial charge is 0.454 e. The fourth-order valence-electron chi connectivity index (χ4n) is 3.12. The molecule has 0 unspecified atom stereocenters. The lowest BCUT2D eigenvalue weighted by Crippen LogP contribution is -2.50. The number of amides is 2. The highest BCUT2D eigenvalue weighted by atomic mass is 16.7. The molecule has 2 bridgehead atoms. The van der Waals surface area contributed by atoms with Crippen molar-refractivity contribution < 1.29 is 19.0 Å². The highest BCUT2D eigenvalue weighted by Crippen LogP contribution is 2.35. The molecule has 0 aromatic heterocycles. The van der Waals surface area contributed by atoms with Crippen LogP contribution in [0.25, 0.3) is 0 Å². The molecule has 3 heterocycles. The van der Waals surface area contributed by atoms with Crippen molar-refractivity contribution in [2.45, 2.75) is 24.9 Å². The Morgan fingerprint density at radius 3 is 2.70 bits per heavy atom. The van der Waals surface area contributed by atoms with Crippen molar-refractivity contribution in [2.24, 2.45) is 0 Å². The van der Waals surface area contributed by atoms with Gasteiger partial charge in [0.1, 0.15) is 0 Å². The number of nitrogens with zero attached hydrogens (tertiary/aromatic N) is 1. The number of hydrogen-bond donors (Lipinski definition) is 1. The van der Waals surface area contributed by atoms with Crippen LogP contribution in [-0.4, -0.2) is 43.0 Å². The lowest BCUT2D eigenvalue weighted by molar-refractivity contribution is 0.00949. The fraction of sp³-hybridized carbons (Fsp3) is 0.500. The molecule has 0 radical (unpaired) electrons. The molecule has 106 valence electrons. The van der Waals surface area contributed by atoms with Gasteiger partial charge in [0.2, 0.25) is 6.79 Å². The van der Waals surface area contributed by atoms with E-state index in [-0.39, 0.29) is 24.9 Å². The molecule has 0 spiro atoms. The Morgan fingerprint density at radius 2 is 1.90 bits per heavy atom. The number of carbonyl (C=O) groups excluding carboxylic acids is 1. The van der Waals surface area contributed by atoms with Gasteiger partial charge in [0.05, 0.1) is 25.3 Å². The summed E-state index contributed by atoms with van der Waals surface area (Å²) in [5, 5.41) is 2.94. The number of carbonyl (C=O) groups is 1. The molecule has 6 heteroatoms. The first-order valence-corrected chi connectivity index (χ1v) is 6.88. The highest BCUT2D eigenvalue weighted by molar-refractivity contribution is 5.90. The van der Waals surface area contributed by atoms with Gasteiger partial charge in [-0.05, 0) is 25.0 Å². The van der Waals surface area contributed by atoms with Crippen LogP contribution in [0.2, 0.25) is 0 Å². The Morgan fingerprint density at radius 1 is 1.15 bits per heavy atom. The molecule has 1 aromatic rings. The predicted octanol–water partition coefficient (Wildman–Crippen LogP) is 1.81. The third-order valence-corrected chi connectivity index (χ3v) is 4.10. The number of anilines is 1. The molecule has 20 heavy (non-hydrogen) atoms. The van der Waals surface area contributed by atoms with E-state index in [2.05, 4.69) is 5.32 Å². The summed E-state index contributed by atoms with van der Waals surface area (Å²) in [7, 11) is 0. The highest BCUT2D eigenvalue weighted by Gasteiger charge is 2.40. The second-order valence-corrected chi connectivity index (χ2v) is 5.33. The molecular formula is C14H16N2O4. The van der Waals surface area contributed by atoms with E-state index in [4.69, 9.17) is 14.2 Å². The van der Waals surface area contributed by atoms with Crippen LogP contribution in [0.3, 0.4) is 0 Å². The van der Waals surface area contributed by atoms with Crippen LogP contribution in [-0.2, 0) is 4.74 Å². The van der Waals surface area contributed by atoms with Gasteiger partial charge >= 0.3 is 6.03 Å². The standard InChI is InChI=1S/C14H16N2O4/c17-14(16-10-2-3-11(16)7-18-6-10)15-9-1-4-12-13(5-9)20-8-19-12/h1,4-5,10-11H,2-3,6-8H2,(H,15,17)/t10-,11-/m0/s1. The van der Waals surface area contributed by atoms with Crippen LogP contribution in [0.1, 0.15) is 12.8 Å². The normalized spacial score (nSPS) is 26.7. The molecule has 3 aliphatic rings. The van der Waals surface area contributed by atoms with Gasteiger partial charge in [0, 0.05) is 11.8 Å². The summed E-state index contributed by atoms with van der Waals surface area (Å²) in [6, 6.07) is 5.80. The first-order chi connectivity index (χ1) is 9.81. The summed E-state index contributed by atoms with van der Waals surface area (Å²) in [5.41, 5.74) is 0.727. The van der Waals surface area contributed by atoms with Crippen molar-refractivity contribution in [1.82, 2.24) is 4.90 Å². The van der Waals surface area contributed by atoms with Gasteiger partial charge in [-0.3, -0.25) is 0 Å². The predicted molar refractivity (Wildman–Crippen MR) is 71.1 cm³/mol. The first-order valence-electron chi connectivity index (χ1n) is 6.88. The lowest BCUT2D eigenvalue weighted by Gasteiger charge is -2.34. The zero-order chi connectivity index (χ0) is 13.5. The minimum atomic E-state index is -0.0559. The third-order valence-electron chi connectivity index (χ3n) is 4.10. The van der Waals surface area contributed by atoms with Crippen LogP contribution in [0.4, 0.5) is 10.5 Å². The second kappa shape index (κ2) is 4.56. The molecule has 2 atom stereocenters. The maximum absolute atomic E-state index is 12.4. The average Bonchev–Trinajstić information content (AvgIpc) is 3.01. The van der Waals surface area contributed by atoms with E-state index >= 15 is 0 Å². The van der Waals surface area contributed by atoms with Crippen LogP contribution in [0, 0.1) is 0 Å². The molecule has 1 N–H and O–H groups in total. The average molecular weight is 276 g/mol. The number of rotatable bonds is 1. The monoisotopic (exact) mass is 276 g/mol. The number of fused-ring (bicyclic) bond motifs is 3. The third kappa shape index (κ3) is 1.87. The summed E-state index contributed by atoms with van der Waals surface area (Å²) >= 11 is 0. The molecular weight excluding hydrogens is 260 g/mol.